The molecule has 2 N–H and O–H groups in total. The van der Waals surface area contributed by atoms with Crippen molar-refractivity contribution in [1.29, 1.82) is 0 Å². The number of rotatable bonds is 5. The van der Waals surface area contributed by atoms with E-state index < -0.39 is 5.97 Å². The van der Waals surface area contributed by atoms with Crippen LogP contribution in [0, 0.1) is 6.92 Å². The molecule has 1 aromatic carbocycles. The van der Waals surface area contributed by atoms with Crippen LogP contribution in [0.25, 0.3) is 0 Å². The zero-order valence-corrected chi connectivity index (χ0v) is 13.5. The first-order valence-electron chi connectivity index (χ1n) is 5.97. The van der Waals surface area contributed by atoms with E-state index in [-0.39, 0.29) is 23.1 Å². The summed E-state index contributed by atoms with van der Waals surface area (Å²) in [7, 11) is 0. The number of carbonyl (C=O) groups excluding carboxylic acids is 1. The number of thiophene rings is 1. The van der Waals surface area contributed by atoms with Crippen LogP contribution in [0.2, 0.25) is 0 Å². The summed E-state index contributed by atoms with van der Waals surface area (Å²) in [5, 5.41) is 13.2. The third kappa shape index (κ3) is 4.05. The van der Waals surface area contributed by atoms with Gasteiger partial charge in [0.25, 0.3) is 5.91 Å². The number of carbonyl (C=O) groups is 2. The van der Waals surface area contributed by atoms with Crippen LogP contribution >= 0.6 is 27.3 Å². The SMILES string of the molecule is Cc1ccc(NC(=O)COc2ccsc2C(=O)O)c(Br)c1. The Labute approximate surface area is 133 Å². The number of anilines is 1. The molecule has 21 heavy (non-hydrogen) atoms. The molecule has 2 aromatic rings. The summed E-state index contributed by atoms with van der Waals surface area (Å²) < 4.78 is 6.01. The number of ether oxygens (including phenoxy) is 1. The van der Waals surface area contributed by atoms with Gasteiger partial charge in [-0.1, -0.05) is 6.07 Å². The van der Waals surface area contributed by atoms with E-state index in [2.05, 4.69) is 21.2 Å². The van der Waals surface area contributed by atoms with Gasteiger partial charge in [0, 0.05) is 4.47 Å². The van der Waals surface area contributed by atoms with Gasteiger partial charge in [-0.2, -0.15) is 0 Å². The summed E-state index contributed by atoms with van der Waals surface area (Å²) >= 11 is 4.42. The number of carboxylic acids is 1. The van der Waals surface area contributed by atoms with Gasteiger partial charge in [0.1, 0.15) is 5.75 Å². The van der Waals surface area contributed by atoms with E-state index in [0.717, 1.165) is 21.4 Å². The molecule has 1 heterocycles. The highest BCUT2D eigenvalue weighted by atomic mass is 79.9. The summed E-state index contributed by atoms with van der Waals surface area (Å²) in [4.78, 5) is 22.8. The van der Waals surface area contributed by atoms with Crippen LogP contribution in [-0.2, 0) is 4.79 Å². The van der Waals surface area contributed by atoms with Gasteiger partial charge in [-0.3, -0.25) is 4.79 Å². The van der Waals surface area contributed by atoms with Crippen LogP contribution in [0.4, 0.5) is 5.69 Å². The molecular weight excluding hydrogens is 358 g/mol. The third-order valence-corrected chi connectivity index (χ3v) is 4.12. The second-order valence-electron chi connectivity index (χ2n) is 4.24. The van der Waals surface area contributed by atoms with E-state index in [4.69, 9.17) is 9.84 Å². The lowest BCUT2D eigenvalue weighted by atomic mass is 10.2. The topological polar surface area (TPSA) is 75.6 Å². The van der Waals surface area contributed by atoms with Crippen molar-refractivity contribution in [2.75, 3.05) is 11.9 Å². The minimum absolute atomic E-state index is 0.0827. The second kappa shape index (κ2) is 6.73. The molecule has 0 spiro atoms. The fourth-order valence-electron chi connectivity index (χ4n) is 1.62. The zero-order chi connectivity index (χ0) is 15.4. The van der Waals surface area contributed by atoms with Gasteiger partial charge >= 0.3 is 5.97 Å². The molecule has 0 unspecified atom stereocenters. The van der Waals surface area contributed by atoms with Crippen LogP contribution in [0.5, 0.6) is 5.75 Å². The Morgan fingerprint density at radius 2 is 2.14 bits per heavy atom. The Kier molecular flexibility index (Phi) is 4.98. The van der Waals surface area contributed by atoms with E-state index in [1.807, 2.05) is 19.1 Å². The first-order chi connectivity index (χ1) is 9.97. The summed E-state index contributed by atoms with van der Waals surface area (Å²) in [6.07, 6.45) is 0. The number of amides is 1. The Bertz CT molecular complexity index is 683. The van der Waals surface area contributed by atoms with E-state index >= 15 is 0 Å². The van der Waals surface area contributed by atoms with Crippen LogP contribution in [-0.4, -0.2) is 23.6 Å². The number of aromatic carboxylic acids is 1. The number of aryl methyl sites for hydroxylation is 1. The third-order valence-electron chi connectivity index (χ3n) is 2.58. The molecule has 0 radical (unpaired) electrons. The molecule has 0 bridgehead atoms. The molecular formula is C14H12BrNO4S. The van der Waals surface area contributed by atoms with Crippen molar-refractivity contribution in [3.63, 3.8) is 0 Å². The number of hydrogen-bond donors (Lipinski definition) is 2. The molecule has 0 aliphatic heterocycles. The highest BCUT2D eigenvalue weighted by molar-refractivity contribution is 9.10. The van der Waals surface area contributed by atoms with Gasteiger partial charge in [0.2, 0.25) is 0 Å². The maximum Gasteiger partial charge on any atom is 0.349 e. The average molecular weight is 370 g/mol. The molecule has 2 rings (SSSR count). The Morgan fingerprint density at radius 3 is 2.81 bits per heavy atom. The number of benzene rings is 1. The normalized spacial score (nSPS) is 10.2. The minimum Gasteiger partial charge on any atom is -0.482 e. The van der Waals surface area contributed by atoms with E-state index in [1.165, 1.54) is 6.07 Å². The fraction of sp³-hybridized carbons (Fsp3) is 0.143. The maximum absolute atomic E-state index is 11.8. The summed E-state index contributed by atoms with van der Waals surface area (Å²) in [6, 6.07) is 7.08. The molecule has 0 aliphatic carbocycles. The van der Waals surface area contributed by atoms with Crippen molar-refractivity contribution in [1.82, 2.24) is 0 Å². The molecule has 1 amide bonds. The Hall–Kier alpha value is -1.86. The van der Waals surface area contributed by atoms with Gasteiger partial charge in [0.05, 0.1) is 5.69 Å². The average Bonchev–Trinajstić information content (AvgIpc) is 2.88. The first kappa shape index (κ1) is 15.5. The molecule has 7 heteroatoms. The lowest BCUT2D eigenvalue weighted by molar-refractivity contribution is -0.118. The quantitative estimate of drug-likeness (QED) is 0.844. The Morgan fingerprint density at radius 1 is 1.38 bits per heavy atom. The van der Waals surface area contributed by atoms with Crippen molar-refractivity contribution >= 4 is 44.8 Å². The Balaban J connectivity index is 1.96. The van der Waals surface area contributed by atoms with Crippen molar-refractivity contribution in [2.45, 2.75) is 6.92 Å². The summed E-state index contributed by atoms with van der Waals surface area (Å²) in [5.74, 6) is -1.23. The fourth-order valence-corrected chi connectivity index (χ4v) is 2.88. The monoisotopic (exact) mass is 369 g/mol. The van der Waals surface area contributed by atoms with Crippen molar-refractivity contribution in [2.24, 2.45) is 0 Å². The smallest absolute Gasteiger partial charge is 0.349 e. The lowest BCUT2D eigenvalue weighted by Crippen LogP contribution is -2.20. The number of nitrogens with one attached hydrogen (secondary N) is 1. The molecule has 0 saturated heterocycles. The molecule has 110 valence electrons. The molecule has 0 saturated carbocycles. The van der Waals surface area contributed by atoms with Gasteiger partial charge in [-0.15, -0.1) is 11.3 Å². The van der Waals surface area contributed by atoms with Gasteiger partial charge in [0.15, 0.2) is 11.5 Å². The summed E-state index contributed by atoms with van der Waals surface area (Å²) in [5.41, 5.74) is 1.71. The van der Waals surface area contributed by atoms with E-state index in [0.29, 0.717) is 5.69 Å². The van der Waals surface area contributed by atoms with Crippen molar-refractivity contribution in [3.8, 4) is 5.75 Å². The van der Waals surface area contributed by atoms with E-state index in [9.17, 15) is 9.59 Å². The summed E-state index contributed by atoms with van der Waals surface area (Å²) in [6.45, 7) is 1.70. The maximum atomic E-state index is 11.8. The molecule has 5 nitrogen and oxygen atoms in total. The van der Waals surface area contributed by atoms with Gasteiger partial charge < -0.3 is 15.2 Å². The molecule has 0 aliphatic rings. The number of hydrogen-bond acceptors (Lipinski definition) is 4. The van der Waals surface area contributed by atoms with E-state index in [1.54, 1.807) is 11.4 Å². The largest absolute Gasteiger partial charge is 0.482 e. The van der Waals surface area contributed by atoms with Gasteiger partial charge in [-0.05, 0) is 52.0 Å². The number of halogens is 1. The first-order valence-corrected chi connectivity index (χ1v) is 7.64. The van der Waals surface area contributed by atoms with Crippen LogP contribution < -0.4 is 10.1 Å². The van der Waals surface area contributed by atoms with Crippen LogP contribution in [0.1, 0.15) is 15.2 Å². The van der Waals surface area contributed by atoms with Crippen LogP contribution in [0.3, 0.4) is 0 Å². The van der Waals surface area contributed by atoms with Crippen molar-refractivity contribution < 1.29 is 19.4 Å². The second-order valence-corrected chi connectivity index (χ2v) is 6.01. The minimum atomic E-state index is -1.07. The molecule has 1 aromatic heterocycles. The van der Waals surface area contributed by atoms with Gasteiger partial charge in [-0.25, -0.2) is 4.79 Å². The lowest BCUT2D eigenvalue weighted by Gasteiger charge is -2.09. The zero-order valence-electron chi connectivity index (χ0n) is 11.1. The predicted molar refractivity (Wildman–Crippen MR) is 84.3 cm³/mol. The van der Waals surface area contributed by atoms with Crippen LogP contribution in [0.15, 0.2) is 34.1 Å². The highest BCUT2D eigenvalue weighted by Gasteiger charge is 2.14. The number of carboxylic acid groups (broad SMARTS) is 1. The molecule has 0 fully saturated rings. The van der Waals surface area contributed by atoms with Crippen molar-refractivity contribution in [3.05, 3.63) is 44.6 Å². The standard InChI is InChI=1S/C14H12BrNO4S/c1-8-2-3-10(9(15)6-8)16-12(17)7-20-11-4-5-21-13(11)14(18)19/h2-6H,7H2,1H3,(H,16,17)(H,18,19). The predicted octanol–water partition coefficient (Wildman–Crippen LogP) is 3.53. The highest BCUT2D eigenvalue weighted by Crippen LogP contribution is 2.25. The molecule has 0 atom stereocenters.